The molecule has 0 radical (unpaired) electrons. The maximum atomic E-state index is 12.7. The minimum Gasteiger partial charge on any atom is -0.339 e. The molecule has 1 aromatic heterocycles. The average Bonchev–Trinajstić information content (AvgIpc) is 3.27. The van der Waals surface area contributed by atoms with Crippen LogP contribution in [0.15, 0.2) is 23.6 Å². The number of benzene rings is 1. The summed E-state index contributed by atoms with van der Waals surface area (Å²) < 4.78 is 0. The summed E-state index contributed by atoms with van der Waals surface area (Å²) in [5, 5.41) is 5.54. The standard InChI is InChI=1S/C16H17ClN4O2S.ClH/c17-10-3-4-12(11(7-10)16(23)21-5-1-2-6-21)20-15(22)13-9-24-14(8-18)19-13;/h3-4,7,9H,1-2,5-6,8,18H2,(H,20,22);1H. The van der Waals surface area contributed by atoms with Gasteiger partial charge in [-0.3, -0.25) is 9.59 Å². The van der Waals surface area contributed by atoms with Gasteiger partial charge in [-0.05, 0) is 31.0 Å². The molecule has 6 nitrogen and oxygen atoms in total. The van der Waals surface area contributed by atoms with E-state index in [1.807, 2.05) is 0 Å². The van der Waals surface area contributed by atoms with Crippen molar-refractivity contribution in [1.82, 2.24) is 9.88 Å². The number of anilines is 1. The number of aromatic nitrogens is 1. The van der Waals surface area contributed by atoms with Crippen LogP contribution in [0.2, 0.25) is 5.02 Å². The number of likely N-dealkylation sites (tertiary alicyclic amines) is 1. The van der Waals surface area contributed by atoms with Gasteiger partial charge in [0.05, 0.1) is 11.3 Å². The van der Waals surface area contributed by atoms with Gasteiger partial charge in [-0.1, -0.05) is 11.6 Å². The highest BCUT2D eigenvalue weighted by atomic mass is 35.5. The number of nitrogens with zero attached hydrogens (tertiary/aromatic N) is 2. The molecule has 1 aliphatic heterocycles. The van der Waals surface area contributed by atoms with E-state index < -0.39 is 0 Å². The van der Waals surface area contributed by atoms with Crippen LogP contribution in [-0.4, -0.2) is 34.8 Å². The first-order valence-corrected chi connectivity index (χ1v) is 8.89. The molecule has 0 saturated carbocycles. The molecule has 2 aromatic rings. The third-order valence-electron chi connectivity index (χ3n) is 3.81. The Morgan fingerprint density at radius 2 is 2.04 bits per heavy atom. The number of hydrogen-bond acceptors (Lipinski definition) is 5. The maximum Gasteiger partial charge on any atom is 0.275 e. The predicted molar refractivity (Wildman–Crippen MR) is 102 cm³/mol. The lowest BCUT2D eigenvalue weighted by atomic mass is 10.1. The third kappa shape index (κ3) is 4.49. The van der Waals surface area contributed by atoms with E-state index in [1.165, 1.54) is 11.3 Å². The van der Waals surface area contributed by atoms with Gasteiger partial charge in [-0.15, -0.1) is 23.7 Å². The number of rotatable bonds is 4. The molecule has 3 N–H and O–H groups in total. The van der Waals surface area contributed by atoms with E-state index in [4.69, 9.17) is 17.3 Å². The number of halogens is 2. The van der Waals surface area contributed by atoms with Gasteiger partial charge in [0.1, 0.15) is 10.7 Å². The minimum atomic E-state index is -0.372. The molecule has 134 valence electrons. The van der Waals surface area contributed by atoms with Gasteiger partial charge in [0.2, 0.25) is 0 Å². The third-order valence-corrected chi connectivity index (χ3v) is 4.92. The van der Waals surface area contributed by atoms with Crippen LogP contribution in [0.4, 0.5) is 5.69 Å². The number of carbonyl (C=O) groups is 2. The summed E-state index contributed by atoms with van der Waals surface area (Å²) in [4.78, 5) is 31.0. The lowest BCUT2D eigenvalue weighted by molar-refractivity contribution is 0.0794. The number of amides is 2. The van der Waals surface area contributed by atoms with Crippen LogP contribution in [0.3, 0.4) is 0 Å². The summed E-state index contributed by atoms with van der Waals surface area (Å²) in [6.45, 7) is 1.74. The van der Waals surface area contributed by atoms with Crippen molar-refractivity contribution in [3.05, 3.63) is 44.9 Å². The van der Waals surface area contributed by atoms with Crippen LogP contribution < -0.4 is 11.1 Å². The fourth-order valence-corrected chi connectivity index (χ4v) is 3.42. The Morgan fingerprint density at radius 1 is 1.32 bits per heavy atom. The van der Waals surface area contributed by atoms with Crippen LogP contribution in [0.5, 0.6) is 0 Å². The molecule has 0 spiro atoms. The first-order chi connectivity index (χ1) is 11.6. The van der Waals surface area contributed by atoms with Gasteiger partial charge in [0, 0.05) is 30.0 Å². The van der Waals surface area contributed by atoms with Crippen LogP contribution in [0.1, 0.15) is 38.7 Å². The Labute approximate surface area is 160 Å². The summed E-state index contributed by atoms with van der Waals surface area (Å²) in [5.74, 6) is -0.491. The molecular weight excluding hydrogens is 383 g/mol. The normalized spacial score (nSPS) is 13.4. The Hall–Kier alpha value is -1.67. The van der Waals surface area contributed by atoms with E-state index in [-0.39, 0.29) is 36.5 Å². The first kappa shape index (κ1) is 19.7. The van der Waals surface area contributed by atoms with Crippen molar-refractivity contribution in [1.29, 1.82) is 0 Å². The molecule has 0 bridgehead atoms. The predicted octanol–water partition coefficient (Wildman–Crippen LogP) is 3.17. The zero-order chi connectivity index (χ0) is 17.1. The quantitative estimate of drug-likeness (QED) is 0.824. The summed E-state index contributed by atoms with van der Waals surface area (Å²) in [6, 6.07) is 4.87. The molecule has 1 fully saturated rings. The summed E-state index contributed by atoms with van der Waals surface area (Å²) in [6.07, 6.45) is 1.99. The molecule has 0 aliphatic carbocycles. The van der Waals surface area contributed by atoms with Crippen molar-refractivity contribution in [2.75, 3.05) is 18.4 Å². The molecule has 2 amide bonds. The minimum absolute atomic E-state index is 0. The number of nitrogens with two attached hydrogens (primary N) is 1. The van der Waals surface area contributed by atoms with Gasteiger partial charge < -0.3 is 16.0 Å². The highest BCUT2D eigenvalue weighted by Gasteiger charge is 2.23. The van der Waals surface area contributed by atoms with Crippen LogP contribution in [0.25, 0.3) is 0 Å². The molecule has 25 heavy (non-hydrogen) atoms. The maximum absolute atomic E-state index is 12.7. The highest BCUT2D eigenvalue weighted by molar-refractivity contribution is 7.09. The fraction of sp³-hybridized carbons (Fsp3) is 0.312. The second-order valence-electron chi connectivity index (χ2n) is 5.47. The number of thiazole rings is 1. The lowest BCUT2D eigenvalue weighted by Gasteiger charge is -2.18. The first-order valence-electron chi connectivity index (χ1n) is 7.63. The largest absolute Gasteiger partial charge is 0.339 e. The molecule has 9 heteroatoms. The summed E-state index contributed by atoms with van der Waals surface area (Å²) in [7, 11) is 0. The second-order valence-corrected chi connectivity index (χ2v) is 6.85. The molecule has 0 unspecified atom stereocenters. The Morgan fingerprint density at radius 3 is 2.68 bits per heavy atom. The van der Waals surface area contributed by atoms with E-state index in [9.17, 15) is 9.59 Å². The molecular formula is C16H18Cl2N4O2S. The average molecular weight is 401 g/mol. The van der Waals surface area contributed by atoms with Crippen molar-refractivity contribution >= 4 is 52.8 Å². The van der Waals surface area contributed by atoms with Crippen LogP contribution in [0, 0.1) is 0 Å². The van der Waals surface area contributed by atoms with Crippen molar-refractivity contribution < 1.29 is 9.59 Å². The molecule has 0 atom stereocenters. The zero-order valence-electron chi connectivity index (χ0n) is 13.3. The highest BCUT2D eigenvalue weighted by Crippen LogP contribution is 2.24. The van der Waals surface area contributed by atoms with E-state index in [2.05, 4.69) is 10.3 Å². The monoisotopic (exact) mass is 400 g/mol. The molecule has 1 aliphatic rings. The fourth-order valence-electron chi connectivity index (χ4n) is 2.59. The van der Waals surface area contributed by atoms with E-state index in [1.54, 1.807) is 28.5 Å². The van der Waals surface area contributed by atoms with Gasteiger partial charge in [0.25, 0.3) is 11.8 Å². The molecule has 2 heterocycles. The van der Waals surface area contributed by atoms with E-state index >= 15 is 0 Å². The van der Waals surface area contributed by atoms with Crippen LogP contribution in [-0.2, 0) is 6.54 Å². The van der Waals surface area contributed by atoms with Gasteiger partial charge >= 0.3 is 0 Å². The van der Waals surface area contributed by atoms with Crippen LogP contribution >= 0.6 is 35.3 Å². The van der Waals surface area contributed by atoms with Gasteiger partial charge in [-0.2, -0.15) is 0 Å². The van der Waals surface area contributed by atoms with Gasteiger partial charge in [-0.25, -0.2) is 4.98 Å². The summed E-state index contributed by atoms with van der Waals surface area (Å²) >= 11 is 7.36. The Kier molecular flexibility index (Phi) is 6.78. The topological polar surface area (TPSA) is 88.3 Å². The molecule has 1 saturated heterocycles. The van der Waals surface area contributed by atoms with Crippen molar-refractivity contribution in [2.24, 2.45) is 5.73 Å². The number of hydrogen-bond donors (Lipinski definition) is 2. The number of carbonyl (C=O) groups excluding carboxylic acids is 2. The summed E-state index contributed by atoms with van der Waals surface area (Å²) in [5.41, 5.74) is 6.63. The Balaban J connectivity index is 0.00000225. The molecule has 1 aromatic carbocycles. The number of nitrogens with one attached hydrogen (secondary N) is 1. The second kappa shape index (κ2) is 8.62. The van der Waals surface area contributed by atoms with Crippen molar-refractivity contribution in [2.45, 2.75) is 19.4 Å². The Bertz CT molecular complexity index is 775. The van der Waals surface area contributed by atoms with Crippen molar-refractivity contribution in [3.63, 3.8) is 0 Å². The van der Waals surface area contributed by atoms with E-state index in [0.717, 1.165) is 25.9 Å². The van der Waals surface area contributed by atoms with Crippen molar-refractivity contribution in [3.8, 4) is 0 Å². The van der Waals surface area contributed by atoms with E-state index in [0.29, 0.717) is 21.3 Å². The smallest absolute Gasteiger partial charge is 0.275 e. The SMILES string of the molecule is Cl.NCc1nc(C(=O)Nc2ccc(Cl)cc2C(=O)N2CCCC2)cs1. The zero-order valence-corrected chi connectivity index (χ0v) is 15.7. The van der Waals surface area contributed by atoms with Gasteiger partial charge in [0.15, 0.2) is 0 Å². The molecule has 3 rings (SSSR count). The lowest BCUT2D eigenvalue weighted by Crippen LogP contribution is -2.29.